The zero-order valence-corrected chi connectivity index (χ0v) is 18.2. The van der Waals surface area contributed by atoms with Crippen LogP contribution in [-0.2, 0) is 25.8 Å². The molecule has 0 spiro atoms. The number of nitrogens with one attached hydrogen (secondary N) is 1. The van der Waals surface area contributed by atoms with Crippen molar-refractivity contribution in [3.63, 3.8) is 0 Å². The summed E-state index contributed by atoms with van der Waals surface area (Å²) in [5, 5.41) is 5.02. The number of aryl methyl sites for hydroxylation is 2. The Morgan fingerprint density at radius 3 is 2.52 bits per heavy atom. The number of hydrogen-bond donors (Lipinski definition) is 1. The van der Waals surface area contributed by atoms with E-state index in [0.29, 0.717) is 0 Å². The molecule has 0 atom stereocenters. The van der Waals surface area contributed by atoms with Gasteiger partial charge in [0, 0.05) is 50.3 Å². The molecule has 1 fully saturated rings. The van der Waals surface area contributed by atoms with Crippen LogP contribution in [0.4, 0.5) is 0 Å². The second-order valence-corrected chi connectivity index (χ2v) is 8.41. The molecule has 0 aliphatic carbocycles. The summed E-state index contributed by atoms with van der Waals surface area (Å²) in [6, 6.07) is 5.01. The lowest BCUT2D eigenvalue weighted by molar-refractivity contribution is 0.244. The SMILES string of the molecule is CC.Cc1c(CCN2CCNCC2)c2cc(CC(C)C)cc3c2n1CCC3. The Morgan fingerprint density at radius 2 is 1.81 bits per heavy atom. The molecule has 0 saturated carbocycles. The van der Waals surface area contributed by atoms with Gasteiger partial charge in [-0.2, -0.15) is 0 Å². The minimum atomic E-state index is 0.723. The molecule has 3 nitrogen and oxygen atoms in total. The molecule has 1 saturated heterocycles. The van der Waals surface area contributed by atoms with Crippen molar-refractivity contribution in [1.82, 2.24) is 14.8 Å². The molecule has 1 aromatic heterocycles. The fraction of sp³-hybridized carbons (Fsp3) is 0.667. The highest BCUT2D eigenvalue weighted by molar-refractivity contribution is 5.89. The summed E-state index contributed by atoms with van der Waals surface area (Å²) in [4.78, 5) is 2.62. The summed E-state index contributed by atoms with van der Waals surface area (Å²) in [5.74, 6) is 0.723. The molecule has 2 aliphatic heterocycles. The van der Waals surface area contributed by atoms with Gasteiger partial charge in [-0.25, -0.2) is 0 Å². The third-order valence-electron chi connectivity index (χ3n) is 6.04. The first-order chi connectivity index (χ1) is 13.1. The van der Waals surface area contributed by atoms with Crippen LogP contribution in [0.25, 0.3) is 10.9 Å². The van der Waals surface area contributed by atoms with Crippen LogP contribution >= 0.6 is 0 Å². The van der Waals surface area contributed by atoms with Gasteiger partial charge in [0.05, 0.1) is 5.52 Å². The van der Waals surface area contributed by atoms with Gasteiger partial charge >= 0.3 is 0 Å². The number of nitrogens with zero attached hydrogens (tertiary/aromatic N) is 2. The van der Waals surface area contributed by atoms with E-state index >= 15 is 0 Å². The van der Waals surface area contributed by atoms with Gasteiger partial charge in [0.25, 0.3) is 0 Å². The van der Waals surface area contributed by atoms with E-state index in [2.05, 4.69) is 47.7 Å². The molecule has 2 aromatic rings. The van der Waals surface area contributed by atoms with Gasteiger partial charge in [-0.3, -0.25) is 0 Å². The Kier molecular flexibility index (Phi) is 6.99. The van der Waals surface area contributed by atoms with Gasteiger partial charge in [-0.05, 0) is 61.3 Å². The summed E-state index contributed by atoms with van der Waals surface area (Å²) in [6.45, 7) is 18.1. The van der Waals surface area contributed by atoms with Crippen molar-refractivity contribution in [3.05, 3.63) is 34.5 Å². The molecule has 1 aromatic carbocycles. The van der Waals surface area contributed by atoms with Crippen molar-refractivity contribution in [2.45, 2.75) is 66.8 Å². The monoisotopic (exact) mass is 369 g/mol. The van der Waals surface area contributed by atoms with Crippen LogP contribution in [0.3, 0.4) is 0 Å². The van der Waals surface area contributed by atoms with Crippen molar-refractivity contribution in [3.8, 4) is 0 Å². The lowest BCUT2D eigenvalue weighted by Crippen LogP contribution is -2.44. The molecule has 1 N–H and O–H groups in total. The van der Waals surface area contributed by atoms with E-state index in [1.165, 1.54) is 57.6 Å². The van der Waals surface area contributed by atoms with Gasteiger partial charge in [-0.15, -0.1) is 0 Å². The Morgan fingerprint density at radius 1 is 1.07 bits per heavy atom. The van der Waals surface area contributed by atoms with E-state index in [9.17, 15) is 0 Å². The molecule has 3 heterocycles. The molecule has 2 aliphatic rings. The summed E-state index contributed by atoms with van der Waals surface area (Å²) in [5.41, 5.74) is 7.82. The summed E-state index contributed by atoms with van der Waals surface area (Å²) < 4.78 is 2.61. The molecule has 0 radical (unpaired) electrons. The van der Waals surface area contributed by atoms with Crippen molar-refractivity contribution in [2.75, 3.05) is 32.7 Å². The number of aromatic nitrogens is 1. The van der Waals surface area contributed by atoms with Crippen LogP contribution in [-0.4, -0.2) is 42.2 Å². The highest BCUT2D eigenvalue weighted by atomic mass is 15.2. The predicted molar refractivity (Wildman–Crippen MR) is 118 cm³/mol. The Balaban J connectivity index is 0.00000102. The topological polar surface area (TPSA) is 20.2 Å². The second-order valence-electron chi connectivity index (χ2n) is 8.41. The van der Waals surface area contributed by atoms with Crippen molar-refractivity contribution in [2.24, 2.45) is 5.92 Å². The molecule has 27 heavy (non-hydrogen) atoms. The normalized spacial score (nSPS) is 17.3. The predicted octanol–water partition coefficient (Wildman–Crippen LogP) is 4.57. The maximum absolute atomic E-state index is 3.46. The molecule has 4 rings (SSSR count). The summed E-state index contributed by atoms with van der Waals surface area (Å²) in [7, 11) is 0. The van der Waals surface area contributed by atoms with Gasteiger partial charge in [0.15, 0.2) is 0 Å². The average Bonchev–Trinajstić information content (AvgIpc) is 2.95. The number of benzene rings is 1. The fourth-order valence-electron chi connectivity index (χ4n) is 4.84. The first kappa shape index (κ1) is 20.4. The molecule has 0 unspecified atom stereocenters. The van der Waals surface area contributed by atoms with Crippen molar-refractivity contribution in [1.29, 1.82) is 0 Å². The minimum Gasteiger partial charge on any atom is -0.344 e. The standard InChI is InChI=1S/C22H33N3.C2H6/c1-16(2)13-18-14-19-5-4-9-25-17(3)20(21(15-18)22(19)25)6-10-24-11-7-23-8-12-24;1-2/h14-16,23H,4-13H2,1-3H3;1-2H3. The first-order valence-electron chi connectivity index (χ1n) is 11.2. The van der Waals surface area contributed by atoms with Gasteiger partial charge < -0.3 is 14.8 Å². The van der Waals surface area contributed by atoms with Crippen LogP contribution in [0.5, 0.6) is 0 Å². The number of rotatable bonds is 5. The van der Waals surface area contributed by atoms with Crippen LogP contribution in [0.2, 0.25) is 0 Å². The van der Waals surface area contributed by atoms with Crippen LogP contribution in [0, 0.1) is 12.8 Å². The third kappa shape index (κ3) is 4.41. The van der Waals surface area contributed by atoms with E-state index in [0.717, 1.165) is 19.0 Å². The van der Waals surface area contributed by atoms with E-state index in [1.807, 2.05) is 13.8 Å². The molecular weight excluding hydrogens is 330 g/mol. The maximum Gasteiger partial charge on any atom is 0.0518 e. The smallest absolute Gasteiger partial charge is 0.0518 e. The minimum absolute atomic E-state index is 0.723. The largest absolute Gasteiger partial charge is 0.344 e. The van der Waals surface area contributed by atoms with Gasteiger partial charge in [0.2, 0.25) is 0 Å². The zero-order chi connectivity index (χ0) is 19.4. The average molecular weight is 370 g/mol. The van der Waals surface area contributed by atoms with Gasteiger partial charge in [0.1, 0.15) is 0 Å². The highest BCUT2D eigenvalue weighted by Gasteiger charge is 2.21. The molecule has 150 valence electrons. The van der Waals surface area contributed by atoms with Crippen LogP contribution in [0.15, 0.2) is 12.1 Å². The Bertz CT molecular complexity index is 751. The molecule has 3 heteroatoms. The van der Waals surface area contributed by atoms with Crippen molar-refractivity contribution < 1.29 is 0 Å². The Labute approximate surface area is 166 Å². The fourth-order valence-corrected chi connectivity index (χ4v) is 4.84. The van der Waals surface area contributed by atoms with E-state index in [-0.39, 0.29) is 0 Å². The van der Waals surface area contributed by atoms with Crippen LogP contribution < -0.4 is 5.32 Å². The number of piperazine rings is 1. The molecular formula is C24H39N3. The van der Waals surface area contributed by atoms with Gasteiger partial charge in [-0.1, -0.05) is 33.8 Å². The maximum atomic E-state index is 3.46. The summed E-state index contributed by atoms with van der Waals surface area (Å²) in [6.07, 6.45) is 4.94. The molecule has 0 amide bonds. The number of hydrogen-bond acceptors (Lipinski definition) is 2. The zero-order valence-electron chi connectivity index (χ0n) is 18.2. The van der Waals surface area contributed by atoms with Crippen LogP contribution in [0.1, 0.15) is 56.5 Å². The quantitative estimate of drug-likeness (QED) is 0.833. The Hall–Kier alpha value is -1.32. The van der Waals surface area contributed by atoms with E-state index < -0.39 is 0 Å². The van der Waals surface area contributed by atoms with Crippen molar-refractivity contribution >= 4 is 10.9 Å². The highest BCUT2D eigenvalue weighted by Crippen LogP contribution is 2.34. The van der Waals surface area contributed by atoms with E-state index in [4.69, 9.17) is 0 Å². The second kappa shape index (κ2) is 9.25. The molecule has 0 bridgehead atoms. The summed E-state index contributed by atoms with van der Waals surface area (Å²) >= 11 is 0. The first-order valence-corrected chi connectivity index (χ1v) is 11.2. The third-order valence-corrected chi connectivity index (χ3v) is 6.04. The lowest BCUT2D eigenvalue weighted by Gasteiger charge is -2.27. The van der Waals surface area contributed by atoms with E-state index in [1.54, 1.807) is 27.6 Å². The lowest BCUT2D eigenvalue weighted by atomic mass is 9.94.